The molecular weight excluding hydrogens is 212 g/mol. The van der Waals surface area contributed by atoms with Crippen LogP contribution in [0.5, 0.6) is 0 Å². The molecule has 0 aromatic carbocycles. The van der Waals surface area contributed by atoms with E-state index in [1.165, 1.54) is 0 Å². The van der Waals surface area contributed by atoms with E-state index in [2.05, 4.69) is 24.3 Å². The summed E-state index contributed by atoms with van der Waals surface area (Å²) >= 11 is 0.811. The number of rotatable bonds is 0. The first-order chi connectivity index (χ1) is 7.27. The molecule has 2 aliphatic heterocycles. The van der Waals surface area contributed by atoms with E-state index in [1.807, 2.05) is 0 Å². The Balaban J connectivity index is 2.11. The molecule has 4 atom stereocenters. The van der Waals surface area contributed by atoms with E-state index in [4.69, 9.17) is 0 Å². The van der Waals surface area contributed by atoms with Crippen molar-refractivity contribution in [3.63, 3.8) is 0 Å². The average Bonchev–Trinajstić information content (AvgIpc) is 2.44. The van der Waals surface area contributed by atoms with Gasteiger partial charge in [0.2, 0.25) is 0 Å². The summed E-state index contributed by atoms with van der Waals surface area (Å²) in [7, 11) is 0. The highest BCUT2D eigenvalue weighted by atomic mass is 32.1. The Morgan fingerprint density at radius 2 is 1.33 bits per heavy atom. The lowest BCUT2D eigenvalue weighted by Gasteiger charge is -2.47. The van der Waals surface area contributed by atoms with Crippen molar-refractivity contribution < 1.29 is 0 Å². The van der Waals surface area contributed by atoms with Gasteiger partial charge in [-0.15, -0.1) is 0 Å². The van der Waals surface area contributed by atoms with Gasteiger partial charge in [0.1, 0.15) is 0 Å². The summed E-state index contributed by atoms with van der Waals surface area (Å²) in [6.07, 6.45) is 8.40. The van der Waals surface area contributed by atoms with E-state index >= 15 is 0 Å². The Hall–Kier alpha value is -1.36. The molecule has 0 amide bonds. The summed E-state index contributed by atoms with van der Waals surface area (Å²) in [5.74, 6) is 0.846. The van der Waals surface area contributed by atoms with Gasteiger partial charge in [-0.25, -0.2) is 9.36 Å². The molecule has 4 aliphatic rings. The topological polar surface area (TPSA) is 44.0 Å². The maximum absolute atomic E-state index is 11.7. The molecule has 0 unspecified atom stereocenters. The predicted molar refractivity (Wildman–Crippen MR) is 56.2 cm³/mol. The third-order valence-corrected chi connectivity index (χ3v) is 4.36. The van der Waals surface area contributed by atoms with Crippen LogP contribution in [0.4, 0.5) is 0 Å². The second kappa shape index (κ2) is 2.24. The molecule has 15 heavy (non-hydrogen) atoms. The Bertz CT molecular complexity index is 568. The highest BCUT2D eigenvalue weighted by molar-refractivity contribution is 7.06. The molecule has 76 valence electrons. The van der Waals surface area contributed by atoms with Crippen molar-refractivity contribution >= 4 is 11.3 Å². The van der Waals surface area contributed by atoms with Crippen LogP contribution in [0.3, 0.4) is 0 Å². The molecular formula is C10H8N2O2S. The van der Waals surface area contributed by atoms with Crippen LogP contribution >= 0.6 is 11.3 Å². The van der Waals surface area contributed by atoms with Gasteiger partial charge in [-0.3, -0.25) is 9.59 Å². The van der Waals surface area contributed by atoms with E-state index in [1.54, 1.807) is 9.36 Å². The Morgan fingerprint density at radius 3 is 1.73 bits per heavy atom. The second-order valence-corrected chi connectivity index (χ2v) is 5.13. The molecule has 0 saturated heterocycles. The van der Waals surface area contributed by atoms with Gasteiger partial charge in [-0.2, -0.15) is 0 Å². The summed E-state index contributed by atoms with van der Waals surface area (Å²) in [6.45, 7) is 0. The van der Waals surface area contributed by atoms with Crippen LogP contribution in [0, 0.1) is 11.8 Å². The zero-order valence-electron chi connectivity index (χ0n) is 7.74. The molecule has 2 bridgehead atoms. The molecule has 5 heteroatoms. The fourth-order valence-corrected chi connectivity index (χ4v) is 3.65. The van der Waals surface area contributed by atoms with Crippen molar-refractivity contribution in [1.82, 2.24) is 9.36 Å². The number of aromatic nitrogens is 2. The third-order valence-electron chi connectivity index (χ3n) is 3.64. The van der Waals surface area contributed by atoms with Crippen molar-refractivity contribution in [2.75, 3.05) is 0 Å². The molecule has 0 spiro atoms. The lowest BCUT2D eigenvalue weighted by atomic mass is 9.68. The quantitative estimate of drug-likeness (QED) is 0.599. The summed E-state index contributed by atoms with van der Waals surface area (Å²) < 4.78 is 3.25. The summed E-state index contributed by atoms with van der Waals surface area (Å²) in [5, 5.41) is 0. The van der Waals surface area contributed by atoms with Crippen LogP contribution in [-0.4, -0.2) is 9.36 Å². The molecule has 0 N–H and O–H groups in total. The molecule has 3 heterocycles. The Morgan fingerprint density at radius 1 is 0.867 bits per heavy atom. The largest absolute Gasteiger partial charge is 0.327 e. The molecule has 0 fully saturated rings. The van der Waals surface area contributed by atoms with Crippen LogP contribution < -0.4 is 9.75 Å². The van der Waals surface area contributed by atoms with Gasteiger partial charge in [0.05, 0.1) is 12.1 Å². The highest BCUT2D eigenvalue weighted by Crippen LogP contribution is 2.49. The monoisotopic (exact) mass is 220 g/mol. The number of hydrogen-bond acceptors (Lipinski definition) is 3. The van der Waals surface area contributed by atoms with E-state index in [9.17, 15) is 9.59 Å². The third kappa shape index (κ3) is 0.718. The fourth-order valence-electron chi connectivity index (χ4n) is 2.90. The maximum atomic E-state index is 11.7. The minimum atomic E-state index is -0.127. The second-order valence-electron chi connectivity index (χ2n) is 4.23. The molecule has 0 radical (unpaired) electrons. The zero-order chi connectivity index (χ0) is 10.2. The predicted octanol–water partition coefficient (Wildman–Crippen LogP) is 0.539. The summed E-state index contributed by atoms with van der Waals surface area (Å²) in [6, 6.07) is 0.132. The van der Waals surface area contributed by atoms with Gasteiger partial charge < -0.3 is 0 Å². The minimum Gasteiger partial charge on any atom is -0.255 e. The van der Waals surface area contributed by atoms with Crippen LogP contribution in [0.2, 0.25) is 0 Å². The molecule has 4 nitrogen and oxygen atoms in total. The lowest BCUT2D eigenvalue weighted by Crippen LogP contribution is -2.50. The number of allylic oxidation sites excluding steroid dienone is 4. The summed E-state index contributed by atoms with van der Waals surface area (Å²) in [4.78, 5) is 23.1. The van der Waals surface area contributed by atoms with Gasteiger partial charge in [-0.1, -0.05) is 24.3 Å². The molecule has 1 aromatic heterocycles. The van der Waals surface area contributed by atoms with E-state index in [0.717, 1.165) is 11.3 Å². The molecule has 2 aliphatic carbocycles. The average molecular weight is 220 g/mol. The Kier molecular flexibility index (Phi) is 1.18. The first-order valence-corrected chi connectivity index (χ1v) is 5.80. The standard InChI is InChI=1S/C10H8N2O2S/c13-9-11-7-3-4-8(6-2-1-5(6)7)12(11)10(14)15-9/h1-8H/t5-,6+,7-,8+. The first kappa shape index (κ1) is 7.87. The van der Waals surface area contributed by atoms with Crippen LogP contribution in [0.1, 0.15) is 12.1 Å². The van der Waals surface area contributed by atoms with Gasteiger partial charge in [-0.05, 0) is 11.3 Å². The van der Waals surface area contributed by atoms with Crippen molar-refractivity contribution in [3.05, 3.63) is 43.6 Å². The molecule has 5 rings (SSSR count). The van der Waals surface area contributed by atoms with E-state index in [-0.39, 0.29) is 21.8 Å². The van der Waals surface area contributed by atoms with Gasteiger partial charge >= 0.3 is 9.75 Å². The maximum Gasteiger partial charge on any atom is 0.327 e. The fraction of sp³-hybridized carbons (Fsp3) is 0.400. The van der Waals surface area contributed by atoms with Crippen LogP contribution in [-0.2, 0) is 0 Å². The van der Waals surface area contributed by atoms with Crippen molar-refractivity contribution in [2.24, 2.45) is 11.8 Å². The highest BCUT2D eigenvalue weighted by Gasteiger charge is 2.47. The van der Waals surface area contributed by atoms with Crippen molar-refractivity contribution in [2.45, 2.75) is 12.1 Å². The number of nitrogens with zero attached hydrogens (tertiary/aromatic N) is 2. The molecule has 1 aromatic rings. The van der Waals surface area contributed by atoms with Crippen LogP contribution in [0.25, 0.3) is 0 Å². The normalized spacial score (nSPS) is 38.7. The van der Waals surface area contributed by atoms with E-state index < -0.39 is 0 Å². The van der Waals surface area contributed by atoms with Crippen molar-refractivity contribution in [3.8, 4) is 0 Å². The summed E-state index contributed by atoms with van der Waals surface area (Å²) in [5.41, 5.74) is 0. The van der Waals surface area contributed by atoms with Crippen molar-refractivity contribution in [1.29, 1.82) is 0 Å². The van der Waals surface area contributed by atoms with E-state index in [0.29, 0.717) is 11.8 Å². The van der Waals surface area contributed by atoms with Gasteiger partial charge in [0, 0.05) is 11.8 Å². The minimum absolute atomic E-state index is 0.0662. The number of hydrogen-bond donors (Lipinski definition) is 0. The Labute approximate surface area is 88.7 Å². The SMILES string of the molecule is O=c1sc(=O)n2n1[C@@H]1C=C[C@H]2[C@H]2C=C[C@H]21. The zero-order valence-corrected chi connectivity index (χ0v) is 8.55. The lowest BCUT2D eigenvalue weighted by molar-refractivity contribution is 0.138. The van der Waals surface area contributed by atoms with Crippen LogP contribution in [0.15, 0.2) is 33.9 Å². The first-order valence-electron chi connectivity index (χ1n) is 4.98. The smallest absolute Gasteiger partial charge is 0.255 e. The van der Waals surface area contributed by atoms with Gasteiger partial charge in [0.25, 0.3) is 0 Å². The molecule has 0 saturated carbocycles. The van der Waals surface area contributed by atoms with Gasteiger partial charge in [0.15, 0.2) is 0 Å².